The average molecular weight is 244 g/mol. The summed E-state index contributed by atoms with van der Waals surface area (Å²) in [4.78, 5) is 4.09. The van der Waals surface area contributed by atoms with Crippen LogP contribution in [0.15, 0.2) is 48.8 Å². The van der Waals surface area contributed by atoms with Gasteiger partial charge in [0.25, 0.3) is 0 Å². The normalized spacial score (nSPS) is 10.9. The van der Waals surface area contributed by atoms with Crippen molar-refractivity contribution in [3.05, 3.63) is 59.5 Å². The van der Waals surface area contributed by atoms with Gasteiger partial charge in [-0.1, -0.05) is 41.9 Å². The van der Waals surface area contributed by atoms with Crippen molar-refractivity contribution in [3.8, 4) is 0 Å². The van der Waals surface area contributed by atoms with Gasteiger partial charge in [-0.05, 0) is 11.6 Å². The number of pyridine rings is 1. The summed E-state index contributed by atoms with van der Waals surface area (Å²) in [6, 6.07) is 12.0. The lowest BCUT2D eigenvalue weighted by Crippen LogP contribution is -2.01. The topological polar surface area (TPSA) is 30.7 Å². The summed E-state index contributed by atoms with van der Waals surface area (Å²) in [7, 11) is 0. The highest BCUT2D eigenvalue weighted by Gasteiger charge is 2.04. The zero-order valence-corrected chi connectivity index (χ0v) is 9.80. The lowest BCUT2D eigenvalue weighted by atomic mass is 10.2. The Hall–Kier alpha value is -1.87. The van der Waals surface area contributed by atoms with E-state index in [2.05, 4.69) is 22.2 Å². The molecule has 3 nitrogen and oxygen atoms in total. The number of rotatable bonds is 2. The quantitative estimate of drug-likeness (QED) is 0.648. The predicted molar refractivity (Wildman–Crippen MR) is 68.1 cm³/mol. The molecule has 4 heteroatoms. The van der Waals surface area contributed by atoms with E-state index in [0.29, 0.717) is 5.15 Å². The van der Waals surface area contributed by atoms with E-state index in [-0.39, 0.29) is 0 Å². The zero-order valence-electron chi connectivity index (χ0n) is 9.05. The lowest BCUT2D eigenvalue weighted by Gasteiger charge is -2.03. The van der Waals surface area contributed by atoms with Gasteiger partial charge in [-0.25, -0.2) is 4.98 Å². The van der Waals surface area contributed by atoms with Crippen LogP contribution in [0.3, 0.4) is 0 Å². The minimum Gasteiger partial charge on any atom is -0.259 e. The maximum absolute atomic E-state index is 5.84. The molecule has 0 saturated carbocycles. The van der Waals surface area contributed by atoms with E-state index < -0.39 is 0 Å². The highest BCUT2D eigenvalue weighted by Crippen LogP contribution is 2.17. The molecule has 1 aromatic carbocycles. The Morgan fingerprint density at radius 1 is 1.12 bits per heavy atom. The smallest absolute Gasteiger partial charge is 0.129 e. The van der Waals surface area contributed by atoms with Crippen LogP contribution >= 0.6 is 11.6 Å². The van der Waals surface area contributed by atoms with Gasteiger partial charge in [0.2, 0.25) is 0 Å². The van der Waals surface area contributed by atoms with E-state index in [4.69, 9.17) is 11.6 Å². The van der Waals surface area contributed by atoms with Crippen LogP contribution in [0.4, 0.5) is 0 Å². The van der Waals surface area contributed by atoms with E-state index in [1.54, 1.807) is 6.20 Å². The molecule has 0 spiro atoms. The molecule has 0 aliphatic heterocycles. The molecule has 0 unspecified atom stereocenters. The maximum atomic E-state index is 5.84. The van der Waals surface area contributed by atoms with Crippen molar-refractivity contribution in [3.63, 3.8) is 0 Å². The Morgan fingerprint density at radius 2 is 1.94 bits per heavy atom. The zero-order chi connectivity index (χ0) is 11.7. The average Bonchev–Trinajstić information content (AvgIpc) is 2.73. The second kappa shape index (κ2) is 4.18. The van der Waals surface area contributed by atoms with Crippen LogP contribution < -0.4 is 0 Å². The number of benzene rings is 1. The first-order chi connectivity index (χ1) is 8.33. The summed E-state index contributed by atoms with van der Waals surface area (Å²) in [6.07, 6.45) is 3.57. The molecule has 0 saturated heterocycles. The third kappa shape index (κ3) is 2.01. The van der Waals surface area contributed by atoms with Gasteiger partial charge in [-0.2, -0.15) is 5.10 Å². The fraction of sp³-hybridized carbons (Fsp3) is 0.0769. The highest BCUT2D eigenvalue weighted by molar-refractivity contribution is 6.30. The molecule has 17 heavy (non-hydrogen) atoms. The standard InChI is InChI=1S/C13H10ClN3/c14-13-6-11-7-16-17(12(11)8-15-13)9-10-4-2-1-3-5-10/h1-8H,9H2. The van der Waals surface area contributed by atoms with Crippen molar-refractivity contribution in [1.82, 2.24) is 14.8 Å². The van der Waals surface area contributed by atoms with Crippen molar-refractivity contribution in [2.45, 2.75) is 6.54 Å². The molecule has 0 bridgehead atoms. The molecule has 0 aliphatic rings. The Labute approximate surface area is 104 Å². The van der Waals surface area contributed by atoms with Crippen LogP contribution in [0.25, 0.3) is 10.9 Å². The molecule has 2 aromatic heterocycles. The second-order valence-electron chi connectivity index (χ2n) is 3.85. The van der Waals surface area contributed by atoms with Crippen LogP contribution in [-0.4, -0.2) is 14.8 Å². The van der Waals surface area contributed by atoms with Crippen molar-refractivity contribution >= 4 is 22.5 Å². The number of hydrogen-bond donors (Lipinski definition) is 0. The lowest BCUT2D eigenvalue weighted by molar-refractivity contribution is 0.711. The third-order valence-electron chi connectivity index (χ3n) is 2.67. The van der Waals surface area contributed by atoms with Crippen LogP contribution in [0.1, 0.15) is 5.56 Å². The molecule has 0 fully saturated rings. The molecular weight excluding hydrogens is 234 g/mol. The minimum atomic E-state index is 0.497. The number of fused-ring (bicyclic) bond motifs is 1. The van der Waals surface area contributed by atoms with Gasteiger partial charge in [0.1, 0.15) is 5.15 Å². The van der Waals surface area contributed by atoms with Crippen molar-refractivity contribution in [1.29, 1.82) is 0 Å². The molecule has 3 aromatic rings. The highest BCUT2D eigenvalue weighted by atomic mass is 35.5. The monoisotopic (exact) mass is 243 g/mol. The van der Waals surface area contributed by atoms with Crippen LogP contribution in [0, 0.1) is 0 Å². The molecule has 84 valence electrons. The van der Waals surface area contributed by atoms with Gasteiger partial charge in [-0.3, -0.25) is 4.68 Å². The Balaban J connectivity index is 2.01. The number of hydrogen-bond acceptors (Lipinski definition) is 2. The van der Waals surface area contributed by atoms with Crippen LogP contribution in [-0.2, 0) is 6.54 Å². The van der Waals surface area contributed by atoms with E-state index in [1.165, 1.54) is 5.56 Å². The first-order valence-electron chi connectivity index (χ1n) is 5.34. The SMILES string of the molecule is Clc1cc2cnn(Cc3ccccc3)c2cn1. The fourth-order valence-electron chi connectivity index (χ4n) is 1.83. The maximum Gasteiger partial charge on any atom is 0.129 e. The van der Waals surface area contributed by atoms with Gasteiger partial charge < -0.3 is 0 Å². The second-order valence-corrected chi connectivity index (χ2v) is 4.24. The number of aromatic nitrogens is 3. The molecule has 0 atom stereocenters. The van der Waals surface area contributed by atoms with E-state index in [1.807, 2.05) is 35.1 Å². The fourth-order valence-corrected chi connectivity index (χ4v) is 2.00. The van der Waals surface area contributed by atoms with Gasteiger partial charge >= 0.3 is 0 Å². The molecule has 0 radical (unpaired) electrons. The first kappa shape index (κ1) is 10.3. The van der Waals surface area contributed by atoms with Crippen molar-refractivity contribution in [2.75, 3.05) is 0 Å². The molecule has 0 N–H and O–H groups in total. The van der Waals surface area contributed by atoms with Gasteiger partial charge in [0.15, 0.2) is 0 Å². The molecule has 3 rings (SSSR count). The first-order valence-corrected chi connectivity index (χ1v) is 5.72. The van der Waals surface area contributed by atoms with Crippen LogP contribution in [0.2, 0.25) is 5.15 Å². The summed E-state index contributed by atoms with van der Waals surface area (Å²) >= 11 is 5.84. The summed E-state index contributed by atoms with van der Waals surface area (Å²) < 4.78 is 1.92. The Bertz CT molecular complexity index is 646. The predicted octanol–water partition coefficient (Wildman–Crippen LogP) is 3.13. The Morgan fingerprint density at radius 3 is 2.76 bits per heavy atom. The summed E-state index contributed by atoms with van der Waals surface area (Å²) in [5.41, 5.74) is 2.21. The van der Waals surface area contributed by atoms with E-state index in [9.17, 15) is 0 Å². The number of nitrogens with zero attached hydrogens (tertiary/aromatic N) is 3. The van der Waals surface area contributed by atoms with Gasteiger partial charge in [0.05, 0.1) is 24.5 Å². The van der Waals surface area contributed by atoms with E-state index in [0.717, 1.165) is 17.4 Å². The third-order valence-corrected chi connectivity index (χ3v) is 2.88. The summed E-state index contributed by atoms with van der Waals surface area (Å²) in [5, 5.41) is 5.86. The van der Waals surface area contributed by atoms with Crippen molar-refractivity contribution in [2.24, 2.45) is 0 Å². The van der Waals surface area contributed by atoms with Gasteiger partial charge in [0, 0.05) is 5.39 Å². The minimum absolute atomic E-state index is 0.497. The Kier molecular flexibility index (Phi) is 2.53. The molecule has 0 amide bonds. The van der Waals surface area contributed by atoms with E-state index >= 15 is 0 Å². The number of halogens is 1. The molecular formula is C13H10ClN3. The molecule has 2 heterocycles. The summed E-state index contributed by atoms with van der Waals surface area (Å²) in [6.45, 7) is 0.744. The largest absolute Gasteiger partial charge is 0.259 e. The summed E-state index contributed by atoms with van der Waals surface area (Å²) in [5.74, 6) is 0. The van der Waals surface area contributed by atoms with Crippen LogP contribution in [0.5, 0.6) is 0 Å². The van der Waals surface area contributed by atoms with Crippen molar-refractivity contribution < 1.29 is 0 Å². The van der Waals surface area contributed by atoms with Gasteiger partial charge in [-0.15, -0.1) is 0 Å². The molecule has 0 aliphatic carbocycles.